The number of hydrogen-bond donors (Lipinski definition) is 0. The lowest BCUT2D eigenvalue weighted by molar-refractivity contribution is -0.292. The van der Waals surface area contributed by atoms with E-state index in [1.807, 2.05) is 0 Å². The molecular weight excluding hydrogens is 280 g/mol. The van der Waals surface area contributed by atoms with E-state index in [1.54, 1.807) is 0 Å². The number of carbonyl (C=O) groups excluding carboxylic acids is 2. The van der Waals surface area contributed by atoms with Crippen LogP contribution < -0.4 is 0 Å². The van der Waals surface area contributed by atoms with Crippen LogP contribution in [0.5, 0.6) is 0 Å². The number of hydrogen-bond acceptors (Lipinski definition) is 4. The predicted molar refractivity (Wildman–Crippen MR) is 77.5 cm³/mol. The van der Waals surface area contributed by atoms with Gasteiger partial charge in [0.1, 0.15) is 0 Å². The Morgan fingerprint density at radius 1 is 0.727 bits per heavy atom. The first kappa shape index (κ1) is 13.4. The molecule has 0 aliphatic heterocycles. The Morgan fingerprint density at radius 2 is 1.05 bits per heavy atom. The Bertz CT molecular complexity index is 493. The molecule has 0 heterocycles. The maximum Gasteiger partial charge on any atom is 0.312 e. The molecule has 4 heteroatoms. The molecule has 8 bridgehead atoms. The standard InChI is InChI=1S/C18H24O4/c1-21-15(19)17-7-9-5-13-11(17)3-10-4-12(17)14(6-9)18(13,8-10)16(20)22-2/h9-14H,3-8H2,1-2H3. The van der Waals surface area contributed by atoms with Crippen molar-refractivity contribution in [3.63, 3.8) is 0 Å². The van der Waals surface area contributed by atoms with Gasteiger partial charge < -0.3 is 9.47 Å². The molecule has 4 nitrogen and oxygen atoms in total. The van der Waals surface area contributed by atoms with E-state index >= 15 is 0 Å². The third-order valence-electron chi connectivity index (χ3n) is 8.35. The Kier molecular flexibility index (Phi) is 2.36. The van der Waals surface area contributed by atoms with Gasteiger partial charge >= 0.3 is 11.9 Å². The maximum atomic E-state index is 12.8. The van der Waals surface area contributed by atoms with Gasteiger partial charge in [-0.2, -0.15) is 0 Å². The lowest BCUT2D eigenvalue weighted by Gasteiger charge is -2.76. The van der Waals surface area contributed by atoms with E-state index in [-0.39, 0.29) is 22.8 Å². The molecule has 0 aromatic heterocycles. The van der Waals surface area contributed by atoms with Crippen molar-refractivity contribution in [2.75, 3.05) is 14.2 Å². The summed E-state index contributed by atoms with van der Waals surface area (Å²) in [5, 5.41) is 0. The molecule has 120 valence electrons. The largest absolute Gasteiger partial charge is 0.469 e. The molecular formula is C18H24O4. The van der Waals surface area contributed by atoms with Crippen molar-refractivity contribution in [2.45, 2.75) is 38.5 Å². The molecule has 0 radical (unpaired) electrons. The van der Waals surface area contributed by atoms with Crippen molar-refractivity contribution in [1.29, 1.82) is 0 Å². The van der Waals surface area contributed by atoms with Gasteiger partial charge in [0.15, 0.2) is 0 Å². The van der Waals surface area contributed by atoms with Crippen molar-refractivity contribution in [3.8, 4) is 0 Å². The van der Waals surface area contributed by atoms with Gasteiger partial charge in [0.05, 0.1) is 25.0 Å². The van der Waals surface area contributed by atoms with Gasteiger partial charge in [-0.05, 0) is 74.0 Å². The summed E-state index contributed by atoms with van der Waals surface area (Å²) in [6, 6.07) is 0. The average Bonchev–Trinajstić information content (AvgIpc) is 2.56. The van der Waals surface area contributed by atoms with Crippen LogP contribution in [0.4, 0.5) is 0 Å². The van der Waals surface area contributed by atoms with Crippen LogP contribution in [-0.4, -0.2) is 26.2 Å². The molecule has 0 N–H and O–H groups in total. The Morgan fingerprint density at radius 3 is 1.32 bits per heavy atom. The lowest BCUT2D eigenvalue weighted by atomic mass is 9.27. The normalized spacial score (nSPS) is 56.3. The van der Waals surface area contributed by atoms with Crippen LogP contribution in [-0.2, 0) is 19.1 Å². The van der Waals surface area contributed by atoms with E-state index in [9.17, 15) is 9.59 Å². The van der Waals surface area contributed by atoms with Crippen molar-refractivity contribution >= 4 is 11.9 Å². The minimum Gasteiger partial charge on any atom is -0.469 e. The zero-order chi connectivity index (χ0) is 15.3. The quantitative estimate of drug-likeness (QED) is 0.735. The first-order valence-corrected chi connectivity index (χ1v) is 8.74. The molecule has 0 aromatic rings. The van der Waals surface area contributed by atoms with Crippen LogP contribution in [0.1, 0.15) is 38.5 Å². The molecule has 0 saturated heterocycles. The van der Waals surface area contributed by atoms with Crippen LogP contribution in [0, 0.1) is 46.3 Å². The molecule has 22 heavy (non-hydrogen) atoms. The number of carbonyl (C=O) groups is 2. The van der Waals surface area contributed by atoms with Gasteiger partial charge in [0.25, 0.3) is 0 Å². The Hall–Kier alpha value is -1.06. The van der Waals surface area contributed by atoms with Gasteiger partial charge in [-0.15, -0.1) is 0 Å². The van der Waals surface area contributed by atoms with E-state index in [1.165, 1.54) is 14.2 Å². The van der Waals surface area contributed by atoms with Crippen molar-refractivity contribution < 1.29 is 19.1 Å². The monoisotopic (exact) mass is 304 g/mol. The second-order valence-corrected chi connectivity index (χ2v) is 8.57. The molecule has 7 fully saturated rings. The highest BCUT2D eigenvalue weighted by Gasteiger charge is 2.79. The van der Waals surface area contributed by atoms with Crippen LogP contribution >= 0.6 is 0 Å². The van der Waals surface area contributed by atoms with Gasteiger partial charge in [-0.25, -0.2) is 0 Å². The zero-order valence-corrected chi connectivity index (χ0v) is 13.3. The van der Waals surface area contributed by atoms with E-state index in [2.05, 4.69) is 0 Å². The molecule has 0 aromatic carbocycles. The number of rotatable bonds is 2. The maximum absolute atomic E-state index is 12.8. The molecule has 7 saturated carbocycles. The fraction of sp³-hybridized carbons (Fsp3) is 0.889. The minimum atomic E-state index is -0.278. The van der Waals surface area contributed by atoms with Gasteiger partial charge in [0, 0.05) is 0 Å². The molecule has 7 aliphatic rings. The molecule has 0 amide bonds. The van der Waals surface area contributed by atoms with Crippen molar-refractivity contribution in [3.05, 3.63) is 0 Å². The second kappa shape index (κ2) is 3.88. The Balaban J connectivity index is 1.70. The third kappa shape index (κ3) is 1.15. The Labute approximate surface area is 130 Å². The zero-order valence-electron chi connectivity index (χ0n) is 13.3. The molecule has 0 spiro atoms. The van der Waals surface area contributed by atoms with Crippen LogP contribution in [0.3, 0.4) is 0 Å². The topological polar surface area (TPSA) is 52.6 Å². The first-order chi connectivity index (χ1) is 10.6. The summed E-state index contributed by atoms with van der Waals surface area (Å²) in [6.45, 7) is 0. The van der Waals surface area contributed by atoms with Gasteiger partial charge in [-0.3, -0.25) is 9.59 Å². The van der Waals surface area contributed by atoms with Crippen molar-refractivity contribution in [1.82, 2.24) is 0 Å². The lowest BCUT2D eigenvalue weighted by Crippen LogP contribution is -2.75. The van der Waals surface area contributed by atoms with Crippen LogP contribution in [0.25, 0.3) is 0 Å². The third-order valence-corrected chi connectivity index (χ3v) is 8.35. The summed E-state index contributed by atoms with van der Waals surface area (Å²) < 4.78 is 10.6. The van der Waals surface area contributed by atoms with Gasteiger partial charge in [-0.1, -0.05) is 0 Å². The summed E-state index contributed by atoms with van der Waals surface area (Å²) in [5.41, 5.74) is -0.556. The van der Waals surface area contributed by atoms with E-state index in [0.29, 0.717) is 35.5 Å². The molecule has 7 aliphatic carbocycles. The van der Waals surface area contributed by atoms with E-state index in [4.69, 9.17) is 9.47 Å². The fourth-order valence-electron chi connectivity index (χ4n) is 8.16. The smallest absolute Gasteiger partial charge is 0.312 e. The summed E-state index contributed by atoms with van der Waals surface area (Å²) >= 11 is 0. The highest BCUT2D eigenvalue weighted by atomic mass is 16.5. The second-order valence-electron chi connectivity index (χ2n) is 8.57. The highest BCUT2D eigenvalue weighted by Crippen LogP contribution is 2.80. The SMILES string of the molecule is COC(=O)C12CC3CC4C1CC1CC2C(C3)C4(C(=O)OC)C1. The number of ether oxygens (including phenoxy) is 2. The highest BCUT2D eigenvalue weighted by molar-refractivity contribution is 5.83. The van der Waals surface area contributed by atoms with E-state index < -0.39 is 0 Å². The fourth-order valence-corrected chi connectivity index (χ4v) is 8.16. The first-order valence-electron chi connectivity index (χ1n) is 8.74. The summed E-state index contributed by atoms with van der Waals surface area (Å²) in [7, 11) is 3.07. The van der Waals surface area contributed by atoms with E-state index in [0.717, 1.165) is 38.5 Å². The predicted octanol–water partition coefficient (Wildman–Crippen LogP) is 2.41. The summed E-state index contributed by atoms with van der Waals surface area (Å²) in [6.07, 6.45) is 6.49. The van der Waals surface area contributed by atoms with Gasteiger partial charge in [0.2, 0.25) is 0 Å². The molecule has 4 atom stereocenters. The number of methoxy groups -OCH3 is 2. The minimum absolute atomic E-state index is 0.0146. The molecule has 4 unspecified atom stereocenters. The summed E-state index contributed by atoms with van der Waals surface area (Å²) in [5.74, 6) is 2.65. The van der Waals surface area contributed by atoms with Crippen LogP contribution in [0.2, 0.25) is 0 Å². The number of esters is 2. The summed E-state index contributed by atoms with van der Waals surface area (Å²) in [4.78, 5) is 25.6. The van der Waals surface area contributed by atoms with Crippen molar-refractivity contribution in [2.24, 2.45) is 46.3 Å². The van der Waals surface area contributed by atoms with Crippen LogP contribution in [0.15, 0.2) is 0 Å². The average molecular weight is 304 g/mol. The molecule has 7 rings (SSSR count).